The molecule has 4 rings (SSSR count). The summed E-state index contributed by atoms with van der Waals surface area (Å²) in [6.07, 6.45) is 0. The van der Waals surface area contributed by atoms with Gasteiger partial charge in [-0.15, -0.1) is 0 Å². The lowest BCUT2D eigenvalue weighted by Gasteiger charge is -2.17. The van der Waals surface area contributed by atoms with E-state index < -0.39 is 50.4 Å². The van der Waals surface area contributed by atoms with Gasteiger partial charge < -0.3 is 0 Å². The lowest BCUT2D eigenvalue weighted by Crippen LogP contribution is -2.12. The van der Waals surface area contributed by atoms with Crippen molar-refractivity contribution in [3.8, 4) is 0 Å². The van der Waals surface area contributed by atoms with Crippen molar-refractivity contribution in [3.05, 3.63) is 42.5 Å². The topological polar surface area (TPSA) is 163 Å². The Bertz CT molecular complexity index is 1620. The van der Waals surface area contributed by atoms with Gasteiger partial charge in [-0.3, -0.25) is 13.7 Å². The van der Waals surface area contributed by atoms with E-state index in [0.29, 0.717) is 16.2 Å². The smallest absolute Gasteiger partial charge is 0.282 e. The molecule has 12 heteroatoms. The first-order valence-electron chi connectivity index (χ1n) is 7.39. The van der Waals surface area contributed by atoms with Crippen LogP contribution in [0.3, 0.4) is 0 Å². The van der Waals surface area contributed by atoms with Gasteiger partial charge in [0, 0.05) is 16.8 Å². The molecule has 0 aliphatic rings. The molecule has 0 spiro atoms. The van der Waals surface area contributed by atoms with Crippen molar-refractivity contribution in [2.45, 2.75) is 14.7 Å². The van der Waals surface area contributed by atoms with Crippen LogP contribution in [-0.2, 0) is 30.4 Å². The Morgan fingerprint density at radius 3 is 1.89 bits per heavy atom. The van der Waals surface area contributed by atoms with Crippen molar-refractivity contribution < 1.29 is 38.9 Å². The molecule has 28 heavy (non-hydrogen) atoms. The Kier molecular flexibility index (Phi) is 3.79. The summed E-state index contributed by atoms with van der Waals surface area (Å²) in [7, 11) is -15.7. The van der Waals surface area contributed by atoms with Crippen LogP contribution >= 0.6 is 0 Å². The summed E-state index contributed by atoms with van der Waals surface area (Å²) in [5, 5.41) is 0.400. The molecule has 0 fully saturated rings. The van der Waals surface area contributed by atoms with Gasteiger partial charge in [0.15, 0.2) is 0 Å². The molecule has 4 aromatic rings. The van der Waals surface area contributed by atoms with E-state index in [9.17, 15) is 38.9 Å². The molecule has 1 radical (unpaired) electrons. The lowest BCUT2D eigenvalue weighted by atomic mass is 9.94. The Morgan fingerprint density at radius 1 is 0.679 bits per heavy atom. The molecule has 0 aromatic heterocycles. The molecular weight excluding hydrogens is 432 g/mol. The molecule has 0 atom stereocenters. The second-order valence-corrected chi connectivity index (χ2v) is 10.1. The van der Waals surface area contributed by atoms with Gasteiger partial charge in [0.2, 0.25) is 0 Å². The maximum atomic E-state index is 12.0. The molecule has 0 unspecified atom stereocenters. The average Bonchev–Trinajstić information content (AvgIpc) is 2.55. The molecule has 0 amide bonds. The third-order valence-electron chi connectivity index (χ3n) is 4.34. The summed E-state index contributed by atoms with van der Waals surface area (Å²) in [5.41, 5.74) is 0. The lowest BCUT2D eigenvalue weighted by molar-refractivity contribution is 0.467. The van der Waals surface area contributed by atoms with Gasteiger partial charge in [0.05, 0.1) is 0 Å². The van der Waals surface area contributed by atoms with E-state index in [0.717, 1.165) is 6.07 Å². The Hall–Kier alpha value is -2.35. The van der Waals surface area contributed by atoms with Gasteiger partial charge in [0.25, 0.3) is 30.4 Å². The molecule has 0 heterocycles. The van der Waals surface area contributed by atoms with Crippen molar-refractivity contribution >= 4 is 62.7 Å². The molecule has 0 bridgehead atoms. The summed E-state index contributed by atoms with van der Waals surface area (Å²) in [4.78, 5) is -3.64. The summed E-state index contributed by atoms with van der Waals surface area (Å²) >= 11 is 0. The van der Waals surface area contributed by atoms with Crippen LogP contribution in [0.15, 0.2) is 51.1 Å². The van der Waals surface area contributed by atoms with E-state index in [1.807, 2.05) is 0 Å². The monoisotopic (exact) mass is 441 g/mol. The van der Waals surface area contributed by atoms with Gasteiger partial charge in [-0.05, 0) is 27.6 Å². The Morgan fingerprint density at radius 2 is 1.32 bits per heavy atom. The fraction of sp³-hybridized carbons (Fsp3) is 0. The van der Waals surface area contributed by atoms with Gasteiger partial charge in [-0.2, -0.15) is 25.3 Å². The van der Waals surface area contributed by atoms with E-state index in [1.54, 1.807) is 18.2 Å². The third kappa shape index (κ3) is 2.73. The molecule has 0 saturated heterocycles. The van der Waals surface area contributed by atoms with E-state index in [-0.39, 0.29) is 10.8 Å². The van der Waals surface area contributed by atoms with Crippen LogP contribution in [-0.4, -0.2) is 38.9 Å². The predicted octanol–water partition coefficient (Wildman–Crippen LogP) is 2.12. The molecule has 0 aliphatic heterocycles. The van der Waals surface area contributed by atoms with E-state index in [2.05, 4.69) is 6.07 Å². The first-order chi connectivity index (χ1) is 12.8. The molecule has 145 valence electrons. The molecule has 4 aromatic carbocycles. The maximum absolute atomic E-state index is 12.0. The summed E-state index contributed by atoms with van der Waals surface area (Å²) in [6.45, 7) is 0. The predicted molar refractivity (Wildman–Crippen MR) is 98.4 cm³/mol. The number of hydrogen-bond donors (Lipinski definition) is 3. The summed E-state index contributed by atoms with van der Waals surface area (Å²) < 4.78 is 100. The van der Waals surface area contributed by atoms with Crippen molar-refractivity contribution in [3.63, 3.8) is 0 Å². The van der Waals surface area contributed by atoms with Crippen LogP contribution in [0.1, 0.15) is 0 Å². The highest BCUT2D eigenvalue weighted by Crippen LogP contribution is 2.43. The molecule has 3 N–H and O–H groups in total. The molecule has 9 nitrogen and oxygen atoms in total. The Labute approximate surface area is 158 Å². The quantitative estimate of drug-likeness (QED) is 0.319. The minimum atomic E-state index is -5.37. The second kappa shape index (κ2) is 5.59. The molecule has 0 aliphatic carbocycles. The minimum Gasteiger partial charge on any atom is -0.282 e. The first kappa shape index (κ1) is 19.0. The fourth-order valence-electron chi connectivity index (χ4n) is 3.38. The van der Waals surface area contributed by atoms with Crippen molar-refractivity contribution in [1.82, 2.24) is 0 Å². The van der Waals surface area contributed by atoms with E-state index >= 15 is 0 Å². The average molecular weight is 441 g/mol. The van der Waals surface area contributed by atoms with Crippen molar-refractivity contribution in [1.29, 1.82) is 0 Å². The van der Waals surface area contributed by atoms with Crippen LogP contribution in [0.5, 0.6) is 0 Å². The van der Waals surface area contributed by atoms with Crippen LogP contribution in [0.25, 0.3) is 32.3 Å². The minimum absolute atomic E-state index is 0.0378. The highest BCUT2D eigenvalue weighted by Gasteiger charge is 2.33. The molecule has 0 saturated carbocycles. The van der Waals surface area contributed by atoms with Crippen LogP contribution in [0.2, 0.25) is 0 Å². The Balaban J connectivity index is 2.54. The standard InChI is InChI=1S/C16H9O9S3/c17-26(18,19)11-6-9-3-1-2-8-4-5-10-7-12(27(20,21)22)16(28(23,24)25)15(11)14(10)13(8)9/h1-6H,(H,17,18,19)(H,20,21,22)(H,23,24,25). The van der Waals surface area contributed by atoms with Crippen LogP contribution in [0, 0.1) is 6.07 Å². The van der Waals surface area contributed by atoms with Crippen LogP contribution in [0.4, 0.5) is 0 Å². The summed E-state index contributed by atoms with van der Waals surface area (Å²) in [6, 6.07) is 10.9. The van der Waals surface area contributed by atoms with Gasteiger partial charge in [0.1, 0.15) is 14.7 Å². The zero-order valence-corrected chi connectivity index (χ0v) is 15.9. The van der Waals surface area contributed by atoms with Gasteiger partial charge in [-0.1, -0.05) is 30.3 Å². The zero-order valence-electron chi connectivity index (χ0n) is 13.5. The van der Waals surface area contributed by atoms with Crippen molar-refractivity contribution in [2.24, 2.45) is 0 Å². The maximum Gasteiger partial charge on any atom is 0.296 e. The van der Waals surface area contributed by atoms with E-state index in [1.165, 1.54) is 12.1 Å². The van der Waals surface area contributed by atoms with Crippen LogP contribution < -0.4 is 0 Å². The first-order valence-corrected chi connectivity index (χ1v) is 11.7. The normalized spacial score (nSPS) is 13.7. The fourth-order valence-corrected chi connectivity index (χ4v) is 6.14. The molecular formula is C16H9O9S3. The summed E-state index contributed by atoms with van der Waals surface area (Å²) in [5.74, 6) is 0. The number of benzene rings is 4. The number of rotatable bonds is 3. The largest absolute Gasteiger partial charge is 0.296 e. The second-order valence-electron chi connectivity index (χ2n) is 6.03. The van der Waals surface area contributed by atoms with Crippen molar-refractivity contribution in [2.75, 3.05) is 0 Å². The van der Waals surface area contributed by atoms with Gasteiger partial charge >= 0.3 is 0 Å². The van der Waals surface area contributed by atoms with Gasteiger partial charge in [-0.25, -0.2) is 0 Å². The highest BCUT2D eigenvalue weighted by molar-refractivity contribution is 7.89. The zero-order chi connectivity index (χ0) is 20.6. The third-order valence-corrected chi connectivity index (χ3v) is 7.09. The van der Waals surface area contributed by atoms with E-state index in [4.69, 9.17) is 0 Å². The number of hydrogen-bond acceptors (Lipinski definition) is 6. The SMILES string of the molecule is O=S(=O)(O)c1[c]c2ccc3cccc4cc(S(=O)(=O)O)c(c1S(=O)(=O)O)c2c34. The highest BCUT2D eigenvalue weighted by atomic mass is 32.2.